The number of aliphatic carboxylic acids is 1. The first-order valence-electron chi connectivity index (χ1n) is 6.19. The Bertz CT molecular complexity index is 603. The summed E-state index contributed by atoms with van der Waals surface area (Å²) in [6.45, 7) is 1.71. The van der Waals surface area contributed by atoms with Crippen molar-refractivity contribution < 1.29 is 19.1 Å². The predicted molar refractivity (Wildman–Crippen MR) is 72.6 cm³/mol. The van der Waals surface area contributed by atoms with Gasteiger partial charge in [0.05, 0.1) is 17.7 Å². The molecule has 0 saturated carbocycles. The standard InChI is InChI=1S/C15H15NO4/c1-10-12(7-8-20-10)14(17)16-9-13(15(18)19)11-5-3-2-4-6-11/h2-8,13H,9H2,1H3,(H,16,17)(H,18,19). The van der Waals surface area contributed by atoms with E-state index in [-0.39, 0.29) is 12.5 Å². The molecule has 2 aromatic rings. The van der Waals surface area contributed by atoms with Crippen LogP contribution in [0, 0.1) is 6.92 Å². The molecule has 20 heavy (non-hydrogen) atoms. The molecule has 0 bridgehead atoms. The van der Waals surface area contributed by atoms with Crippen molar-refractivity contribution in [3.63, 3.8) is 0 Å². The molecule has 1 atom stereocenters. The molecule has 0 fully saturated rings. The van der Waals surface area contributed by atoms with Crippen LogP contribution >= 0.6 is 0 Å². The van der Waals surface area contributed by atoms with Crippen molar-refractivity contribution in [1.29, 1.82) is 0 Å². The van der Waals surface area contributed by atoms with E-state index >= 15 is 0 Å². The van der Waals surface area contributed by atoms with Crippen molar-refractivity contribution in [2.24, 2.45) is 0 Å². The molecule has 2 rings (SSSR count). The average molecular weight is 273 g/mol. The number of carbonyl (C=O) groups is 2. The van der Waals surface area contributed by atoms with Gasteiger partial charge in [-0.25, -0.2) is 0 Å². The number of hydrogen-bond acceptors (Lipinski definition) is 3. The van der Waals surface area contributed by atoms with E-state index in [1.54, 1.807) is 37.3 Å². The molecule has 1 amide bonds. The lowest BCUT2D eigenvalue weighted by atomic mass is 9.99. The first-order chi connectivity index (χ1) is 9.59. The normalized spacial score (nSPS) is 11.8. The number of benzene rings is 1. The fourth-order valence-electron chi connectivity index (χ4n) is 1.94. The summed E-state index contributed by atoms with van der Waals surface area (Å²) in [6.07, 6.45) is 1.43. The number of amides is 1. The number of hydrogen-bond donors (Lipinski definition) is 2. The number of nitrogens with one attached hydrogen (secondary N) is 1. The van der Waals surface area contributed by atoms with E-state index in [1.165, 1.54) is 6.26 Å². The summed E-state index contributed by atoms with van der Waals surface area (Å²) in [5.74, 6) is -1.57. The van der Waals surface area contributed by atoms with Crippen molar-refractivity contribution in [3.8, 4) is 0 Å². The number of carbonyl (C=O) groups excluding carboxylic acids is 1. The number of carboxylic acid groups (broad SMARTS) is 1. The van der Waals surface area contributed by atoms with Crippen molar-refractivity contribution in [3.05, 3.63) is 59.5 Å². The SMILES string of the molecule is Cc1occc1C(=O)NCC(C(=O)O)c1ccccc1. The van der Waals surface area contributed by atoms with Gasteiger partial charge in [-0.2, -0.15) is 0 Å². The van der Waals surface area contributed by atoms with Gasteiger partial charge in [0.2, 0.25) is 0 Å². The largest absolute Gasteiger partial charge is 0.481 e. The molecule has 0 spiro atoms. The molecule has 0 aliphatic rings. The molecule has 104 valence electrons. The van der Waals surface area contributed by atoms with Crippen LogP contribution in [-0.2, 0) is 4.79 Å². The highest BCUT2D eigenvalue weighted by atomic mass is 16.4. The molecular weight excluding hydrogens is 258 g/mol. The van der Waals surface area contributed by atoms with Gasteiger partial charge in [0.1, 0.15) is 5.76 Å². The van der Waals surface area contributed by atoms with Crippen molar-refractivity contribution >= 4 is 11.9 Å². The molecule has 1 heterocycles. The van der Waals surface area contributed by atoms with E-state index in [0.717, 1.165) is 0 Å². The molecule has 0 saturated heterocycles. The smallest absolute Gasteiger partial charge is 0.312 e. The van der Waals surface area contributed by atoms with Gasteiger partial charge in [0.25, 0.3) is 5.91 Å². The molecule has 5 heteroatoms. The molecule has 0 radical (unpaired) electrons. The number of aryl methyl sites for hydroxylation is 1. The van der Waals surface area contributed by atoms with Gasteiger partial charge < -0.3 is 14.8 Å². The molecule has 1 aromatic heterocycles. The van der Waals surface area contributed by atoms with Gasteiger partial charge in [0.15, 0.2) is 0 Å². The van der Waals surface area contributed by atoms with Crippen LogP contribution in [-0.4, -0.2) is 23.5 Å². The monoisotopic (exact) mass is 273 g/mol. The highest BCUT2D eigenvalue weighted by Gasteiger charge is 2.21. The van der Waals surface area contributed by atoms with E-state index in [9.17, 15) is 14.7 Å². The van der Waals surface area contributed by atoms with Crippen LogP contribution in [0.25, 0.3) is 0 Å². The Kier molecular flexibility index (Phi) is 4.20. The fraction of sp³-hybridized carbons (Fsp3) is 0.200. The Balaban J connectivity index is 2.06. The van der Waals surface area contributed by atoms with Gasteiger partial charge in [-0.1, -0.05) is 30.3 Å². The summed E-state index contributed by atoms with van der Waals surface area (Å²) in [7, 11) is 0. The lowest BCUT2D eigenvalue weighted by molar-refractivity contribution is -0.138. The molecule has 0 aliphatic carbocycles. The Morgan fingerprint density at radius 3 is 2.50 bits per heavy atom. The second-order valence-corrected chi connectivity index (χ2v) is 4.40. The summed E-state index contributed by atoms with van der Waals surface area (Å²) in [5.41, 5.74) is 1.08. The number of furan rings is 1. The van der Waals surface area contributed by atoms with E-state index in [0.29, 0.717) is 16.9 Å². The second kappa shape index (κ2) is 6.06. The molecule has 5 nitrogen and oxygen atoms in total. The fourth-order valence-corrected chi connectivity index (χ4v) is 1.94. The van der Waals surface area contributed by atoms with Crippen molar-refractivity contribution in [1.82, 2.24) is 5.32 Å². The minimum Gasteiger partial charge on any atom is -0.481 e. The molecule has 1 aromatic carbocycles. The van der Waals surface area contributed by atoms with Gasteiger partial charge in [-0.15, -0.1) is 0 Å². The third-order valence-electron chi connectivity index (χ3n) is 3.07. The van der Waals surface area contributed by atoms with E-state index in [1.807, 2.05) is 6.07 Å². The molecule has 0 aliphatic heterocycles. The van der Waals surface area contributed by atoms with Gasteiger partial charge >= 0.3 is 5.97 Å². The highest BCUT2D eigenvalue weighted by molar-refractivity contribution is 5.95. The van der Waals surface area contributed by atoms with Gasteiger partial charge in [0, 0.05) is 6.54 Å². The maximum atomic E-state index is 11.9. The predicted octanol–water partition coefficient (Wildman–Crippen LogP) is 2.19. The summed E-state index contributed by atoms with van der Waals surface area (Å²) in [4.78, 5) is 23.2. The summed E-state index contributed by atoms with van der Waals surface area (Å²) >= 11 is 0. The summed E-state index contributed by atoms with van der Waals surface area (Å²) in [6, 6.07) is 10.4. The van der Waals surface area contributed by atoms with Crippen molar-refractivity contribution in [2.45, 2.75) is 12.8 Å². The Labute approximate surface area is 116 Å². The lowest BCUT2D eigenvalue weighted by Crippen LogP contribution is -2.31. The Hall–Kier alpha value is -2.56. The van der Waals surface area contributed by atoms with Crippen LogP contribution in [0.4, 0.5) is 0 Å². The second-order valence-electron chi connectivity index (χ2n) is 4.40. The maximum absolute atomic E-state index is 11.9. The zero-order chi connectivity index (χ0) is 14.5. The lowest BCUT2D eigenvalue weighted by Gasteiger charge is -2.13. The minimum atomic E-state index is -0.972. The quantitative estimate of drug-likeness (QED) is 0.875. The molecule has 1 unspecified atom stereocenters. The first kappa shape index (κ1) is 13.9. The minimum absolute atomic E-state index is 0.0306. The Morgan fingerprint density at radius 1 is 1.25 bits per heavy atom. The van der Waals surface area contributed by atoms with Crippen molar-refractivity contribution in [2.75, 3.05) is 6.54 Å². The van der Waals surface area contributed by atoms with Gasteiger partial charge in [-0.3, -0.25) is 9.59 Å². The van der Waals surface area contributed by atoms with Crippen LogP contribution in [0.15, 0.2) is 47.1 Å². The first-order valence-corrected chi connectivity index (χ1v) is 6.19. The van der Waals surface area contributed by atoms with E-state index in [4.69, 9.17) is 4.42 Å². The maximum Gasteiger partial charge on any atom is 0.312 e. The van der Waals surface area contributed by atoms with E-state index < -0.39 is 11.9 Å². The van der Waals surface area contributed by atoms with Crippen LogP contribution in [0.5, 0.6) is 0 Å². The zero-order valence-electron chi connectivity index (χ0n) is 11.0. The number of rotatable bonds is 5. The average Bonchev–Trinajstić information content (AvgIpc) is 2.86. The summed E-state index contributed by atoms with van der Waals surface area (Å²) < 4.78 is 5.05. The third kappa shape index (κ3) is 3.06. The van der Waals surface area contributed by atoms with Crippen LogP contribution < -0.4 is 5.32 Å². The topological polar surface area (TPSA) is 79.5 Å². The zero-order valence-corrected chi connectivity index (χ0v) is 11.0. The van der Waals surface area contributed by atoms with Crippen LogP contribution in [0.1, 0.15) is 27.6 Å². The van der Waals surface area contributed by atoms with Crippen LogP contribution in [0.3, 0.4) is 0 Å². The molecular formula is C15H15NO4. The van der Waals surface area contributed by atoms with Crippen LogP contribution in [0.2, 0.25) is 0 Å². The van der Waals surface area contributed by atoms with E-state index in [2.05, 4.69) is 5.32 Å². The molecule has 2 N–H and O–H groups in total. The third-order valence-corrected chi connectivity index (χ3v) is 3.07. The Morgan fingerprint density at radius 2 is 1.95 bits per heavy atom. The number of carboxylic acids is 1. The van der Waals surface area contributed by atoms with Gasteiger partial charge in [-0.05, 0) is 18.6 Å². The summed E-state index contributed by atoms with van der Waals surface area (Å²) in [5, 5.41) is 11.9. The highest BCUT2D eigenvalue weighted by Crippen LogP contribution is 2.15.